The Morgan fingerprint density at radius 3 is 1.48 bits per heavy atom. The Bertz CT molecular complexity index is 2850. The first-order valence-corrected chi connectivity index (χ1v) is 19.5. The molecule has 0 saturated carbocycles. The van der Waals surface area contributed by atoms with E-state index in [2.05, 4.69) is 231 Å². The van der Waals surface area contributed by atoms with Crippen LogP contribution < -0.4 is 4.90 Å². The van der Waals surface area contributed by atoms with Crippen molar-refractivity contribution in [1.29, 1.82) is 0 Å². The van der Waals surface area contributed by atoms with Crippen molar-refractivity contribution in [3.05, 3.63) is 223 Å². The Kier molecular flexibility index (Phi) is 8.23. The number of hydrogen-bond acceptors (Lipinski definition) is 1. The van der Waals surface area contributed by atoms with E-state index in [9.17, 15) is 0 Å². The summed E-state index contributed by atoms with van der Waals surface area (Å²) >= 11 is 0. The van der Waals surface area contributed by atoms with E-state index in [1.54, 1.807) is 0 Å². The van der Waals surface area contributed by atoms with Crippen LogP contribution in [0.3, 0.4) is 0 Å². The lowest BCUT2D eigenvalue weighted by Gasteiger charge is -2.33. The van der Waals surface area contributed by atoms with E-state index in [1.807, 2.05) is 0 Å². The zero-order valence-electron chi connectivity index (χ0n) is 31.7. The van der Waals surface area contributed by atoms with E-state index in [-0.39, 0.29) is 5.41 Å². The Morgan fingerprint density at radius 1 is 0.321 bits per heavy atom. The average Bonchev–Trinajstić information content (AvgIpc) is 3.51. The molecule has 0 aliphatic heterocycles. The number of fused-ring (bicyclic) bond motifs is 4. The minimum Gasteiger partial charge on any atom is -0.310 e. The van der Waals surface area contributed by atoms with Gasteiger partial charge in [-0.1, -0.05) is 202 Å². The van der Waals surface area contributed by atoms with Crippen LogP contribution in [0, 0.1) is 0 Å². The summed E-state index contributed by atoms with van der Waals surface area (Å²) in [6, 6.07) is 77.5. The number of para-hydroxylation sites is 1. The molecule has 1 aliphatic carbocycles. The maximum atomic E-state index is 2.49. The molecule has 0 radical (unpaired) electrons. The molecule has 0 unspecified atom stereocenters. The van der Waals surface area contributed by atoms with Crippen LogP contribution in [0.15, 0.2) is 212 Å². The summed E-state index contributed by atoms with van der Waals surface area (Å²) in [5.74, 6) is 0. The van der Waals surface area contributed by atoms with E-state index in [0.717, 1.165) is 11.4 Å². The maximum absolute atomic E-state index is 2.49. The molecule has 266 valence electrons. The number of rotatable bonds is 7. The van der Waals surface area contributed by atoms with E-state index in [0.29, 0.717) is 0 Å². The second kappa shape index (κ2) is 13.7. The predicted octanol–water partition coefficient (Wildman–Crippen LogP) is 15.3. The first-order chi connectivity index (χ1) is 27.6. The van der Waals surface area contributed by atoms with Crippen LogP contribution in [0.2, 0.25) is 0 Å². The molecule has 1 heteroatoms. The van der Waals surface area contributed by atoms with Crippen LogP contribution in [0.1, 0.15) is 25.0 Å². The fourth-order valence-corrected chi connectivity index (χ4v) is 9.11. The van der Waals surface area contributed by atoms with Gasteiger partial charge in [-0.2, -0.15) is 0 Å². The van der Waals surface area contributed by atoms with Crippen LogP contribution in [-0.2, 0) is 5.41 Å². The van der Waals surface area contributed by atoms with Crippen LogP contribution in [0.25, 0.3) is 66.4 Å². The van der Waals surface area contributed by atoms with Crippen molar-refractivity contribution in [3.63, 3.8) is 0 Å². The molecular weight excluding hydrogens is 675 g/mol. The lowest BCUT2D eigenvalue weighted by atomic mass is 9.81. The summed E-state index contributed by atoms with van der Waals surface area (Å²) in [5.41, 5.74) is 18.3. The fraction of sp³-hybridized carbons (Fsp3) is 0.0545. The SMILES string of the molecule is CC1(C)c2ccccc2-c2cccc(N(c3ccc(-c4ccc(-c5ccccc5)c5cccc(-c6ccccc6)c45)cc3)c3ccccc3-c3ccccc3)c21. The molecule has 0 amide bonds. The van der Waals surface area contributed by atoms with E-state index in [4.69, 9.17) is 0 Å². The summed E-state index contributed by atoms with van der Waals surface area (Å²) in [5, 5.41) is 2.51. The Morgan fingerprint density at radius 2 is 0.786 bits per heavy atom. The zero-order valence-corrected chi connectivity index (χ0v) is 31.7. The molecule has 10 rings (SSSR count). The van der Waals surface area contributed by atoms with Crippen molar-refractivity contribution in [2.45, 2.75) is 19.3 Å². The number of anilines is 3. The van der Waals surface area contributed by atoms with Crippen molar-refractivity contribution in [2.75, 3.05) is 4.90 Å². The molecule has 0 fully saturated rings. The molecule has 0 heterocycles. The van der Waals surface area contributed by atoms with Gasteiger partial charge >= 0.3 is 0 Å². The summed E-state index contributed by atoms with van der Waals surface area (Å²) in [7, 11) is 0. The summed E-state index contributed by atoms with van der Waals surface area (Å²) in [6.07, 6.45) is 0. The quantitative estimate of drug-likeness (QED) is 0.159. The van der Waals surface area contributed by atoms with E-state index < -0.39 is 0 Å². The van der Waals surface area contributed by atoms with Gasteiger partial charge in [-0.3, -0.25) is 0 Å². The molecular formula is C55H41N. The van der Waals surface area contributed by atoms with Crippen molar-refractivity contribution < 1.29 is 0 Å². The van der Waals surface area contributed by atoms with Gasteiger partial charge in [-0.15, -0.1) is 0 Å². The van der Waals surface area contributed by atoms with Gasteiger partial charge in [-0.25, -0.2) is 0 Å². The normalized spacial score (nSPS) is 12.6. The van der Waals surface area contributed by atoms with Gasteiger partial charge in [0, 0.05) is 16.7 Å². The monoisotopic (exact) mass is 715 g/mol. The highest BCUT2D eigenvalue weighted by atomic mass is 15.1. The van der Waals surface area contributed by atoms with Crippen molar-refractivity contribution in [2.24, 2.45) is 0 Å². The van der Waals surface area contributed by atoms with Gasteiger partial charge in [-0.05, 0) is 96.2 Å². The third-order valence-corrected chi connectivity index (χ3v) is 11.7. The van der Waals surface area contributed by atoms with Crippen LogP contribution >= 0.6 is 0 Å². The highest BCUT2D eigenvalue weighted by Crippen LogP contribution is 2.55. The molecule has 0 spiro atoms. The van der Waals surface area contributed by atoms with Crippen LogP contribution in [-0.4, -0.2) is 0 Å². The summed E-state index contributed by atoms with van der Waals surface area (Å²) < 4.78 is 0. The molecule has 9 aromatic rings. The van der Waals surface area contributed by atoms with E-state index >= 15 is 0 Å². The van der Waals surface area contributed by atoms with Crippen molar-refractivity contribution in [3.8, 4) is 55.6 Å². The smallest absolute Gasteiger partial charge is 0.0540 e. The highest BCUT2D eigenvalue weighted by molar-refractivity contribution is 6.12. The molecule has 9 aromatic carbocycles. The third-order valence-electron chi connectivity index (χ3n) is 11.7. The van der Waals surface area contributed by atoms with Crippen LogP contribution in [0.4, 0.5) is 17.1 Å². The largest absolute Gasteiger partial charge is 0.310 e. The Labute approximate surface area is 329 Å². The molecule has 1 aliphatic rings. The Balaban J connectivity index is 1.18. The molecule has 0 N–H and O–H groups in total. The van der Waals surface area contributed by atoms with Crippen molar-refractivity contribution >= 4 is 27.8 Å². The standard InChI is InChI=1S/C55H41N/c1-55(2)50-29-14-12-25-47(50)49-28-17-31-52(54(49)55)56(51-30-15-13-24-44(51)39-20-8-4-9-21-39)42-34-32-41(33-35-42)46-37-36-43(38-18-6-3-7-19-38)48-27-16-26-45(53(46)48)40-22-10-5-11-23-40/h3-37H,1-2H3. The van der Waals surface area contributed by atoms with Gasteiger partial charge in [0.15, 0.2) is 0 Å². The number of nitrogens with zero attached hydrogens (tertiary/aromatic N) is 1. The maximum Gasteiger partial charge on any atom is 0.0540 e. The third kappa shape index (κ3) is 5.55. The lowest BCUT2D eigenvalue weighted by molar-refractivity contribution is 0.661. The number of hydrogen-bond donors (Lipinski definition) is 0. The minimum absolute atomic E-state index is 0.185. The topological polar surface area (TPSA) is 3.24 Å². The van der Waals surface area contributed by atoms with Crippen molar-refractivity contribution in [1.82, 2.24) is 0 Å². The van der Waals surface area contributed by atoms with Gasteiger partial charge in [0.2, 0.25) is 0 Å². The second-order valence-electron chi connectivity index (χ2n) is 15.3. The second-order valence-corrected chi connectivity index (χ2v) is 15.3. The molecule has 0 bridgehead atoms. The Hall–Kier alpha value is -6.96. The molecule has 56 heavy (non-hydrogen) atoms. The molecule has 0 saturated heterocycles. The van der Waals surface area contributed by atoms with Gasteiger partial charge in [0.1, 0.15) is 0 Å². The van der Waals surface area contributed by atoms with E-state index in [1.165, 1.54) is 83.2 Å². The van der Waals surface area contributed by atoms with Gasteiger partial charge < -0.3 is 4.90 Å². The molecule has 0 atom stereocenters. The molecule has 0 aromatic heterocycles. The molecule has 1 nitrogen and oxygen atoms in total. The first-order valence-electron chi connectivity index (χ1n) is 19.5. The van der Waals surface area contributed by atoms with Crippen LogP contribution in [0.5, 0.6) is 0 Å². The summed E-state index contributed by atoms with van der Waals surface area (Å²) in [6.45, 7) is 4.75. The highest BCUT2D eigenvalue weighted by Gasteiger charge is 2.39. The first kappa shape index (κ1) is 33.6. The summed E-state index contributed by atoms with van der Waals surface area (Å²) in [4.78, 5) is 2.49. The minimum atomic E-state index is -0.185. The zero-order chi connectivity index (χ0) is 37.6. The average molecular weight is 716 g/mol. The van der Waals surface area contributed by atoms with Gasteiger partial charge in [0.05, 0.1) is 11.4 Å². The predicted molar refractivity (Wildman–Crippen MR) is 238 cm³/mol. The lowest BCUT2D eigenvalue weighted by Crippen LogP contribution is -2.21. The fourth-order valence-electron chi connectivity index (χ4n) is 9.11. The van der Waals surface area contributed by atoms with Gasteiger partial charge in [0.25, 0.3) is 0 Å². The number of benzene rings is 9.